The molecule has 1 aliphatic rings. The van der Waals surface area contributed by atoms with Gasteiger partial charge in [-0.15, -0.1) is 0 Å². The molecule has 1 aliphatic carbocycles. The number of hydrogen-bond donors (Lipinski definition) is 2. The molecule has 16 heavy (non-hydrogen) atoms. The van der Waals surface area contributed by atoms with E-state index in [0.717, 1.165) is 25.7 Å². The second-order valence-electron chi connectivity index (χ2n) is 4.28. The van der Waals surface area contributed by atoms with Gasteiger partial charge >= 0.3 is 0 Å². The molecular formula is C12H17NO2S. The maximum Gasteiger partial charge on any atom is 0.225 e. The lowest BCUT2D eigenvalue weighted by Crippen LogP contribution is -2.35. The van der Waals surface area contributed by atoms with Gasteiger partial charge in [0.05, 0.1) is 12.0 Å². The lowest BCUT2D eigenvalue weighted by molar-refractivity contribution is -0.127. The van der Waals surface area contributed by atoms with E-state index >= 15 is 0 Å². The van der Waals surface area contributed by atoms with Crippen molar-refractivity contribution in [3.63, 3.8) is 0 Å². The maximum absolute atomic E-state index is 11.7. The van der Waals surface area contributed by atoms with Gasteiger partial charge in [-0.05, 0) is 48.1 Å². The number of aliphatic hydroxyl groups is 1. The zero-order valence-corrected chi connectivity index (χ0v) is 10.0. The van der Waals surface area contributed by atoms with Crippen LogP contribution in [0.25, 0.3) is 0 Å². The molecule has 0 aliphatic heterocycles. The summed E-state index contributed by atoms with van der Waals surface area (Å²) in [7, 11) is 0. The van der Waals surface area contributed by atoms with Crippen LogP contribution in [0.4, 0.5) is 0 Å². The Morgan fingerprint density at radius 2 is 2.44 bits per heavy atom. The van der Waals surface area contributed by atoms with Gasteiger partial charge < -0.3 is 10.4 Å². The number of carbonyl (C=O) groups excluding carboxylic acids is 1. The first kappa shape index (κ1) is 11.6. The normalized spacial score (nSPS) is 24.6. The number of aliphatic hydroxyl groups excluding tert-OH is 1. The van der Waals surface area contributed by atoms with Crippen LogP contribution >= 0.6 is 11.3 Å². The van der Waals surface area contributed by atoms with Crippen molar-refractivity contribution in [3.8, 4) is 0 Å². The number of carbonyl (C=O) groups is 1. The predicted molar refractivity (Wildman–Crippen MR) is 64.4 cm³/mol. The summed E-state index contributed by atoms with van der Waals surface area (Å²) in [5.41, 5.74) is 1.26. The van der Waals surface area contributed by atoms with E-state index < -0.39 is 6.10 Å². The molecule has 2 rings (SSSR count). The number of thiophene rings is 1. The van der Waals surface area contributed by atoms with Gasteiger partial charge in [0.25, 0.3) is 0 Å². The number of rotatable bonds is 4. The largest absolute Gasteiger partial charge is 0.392 e. The van der Waals surface area contributed by atoms with Gasteiger partial charge in [-0.2, -0.15) is 11.3 Å². The first-order chi connectivity index (χ1) is 7.77. The fraction of sp³-hybridized carbons (Fsp3) is 0.583. The Hall–Kier alpha value is -0.870. The minimum atomic E-state index is -0.429. The van der Waals surface area contributed by atoms with E-state index in [4.69, 9.17) is 0 Å². The molecule has 4 heteroatoms. The van der Waals surface area contributed by atoms with E-state index in [0.29, 0.717) is 6.54 Å². The number of hydrogen-bond acceptors (Lipinski definition) is 3. The Morgan fingerprint density at radius 1 is 1.56 bits per heavy atom. The van der Waals surface area contributed by atoms with Gasteiger partial charge in [0, 0.05) is 6.54 Å². The lowest BCUT2D eigenvalue weighted by Gasteiger charge is -2.13. The lowest BCUT2D eigenvalue weighted by atomic mass is 10.1. The van der Waals surface area contributed by atoms with Crippen molar-refractivity contribution in [1.82, 2.24) is 5.32 Å². The van der Waals surface area contributed by atoms with Gasteiger partial charge in [0.1, 0.15) is 0 Å². The standard InChI is InChI=1S/C12H17NO2S/c14-11-3-1-2-10(11)12(15)13-6-4-9-5-7-16-8-9/h5,7-8,10-11,14H,1-4,6H2,(H,13,15). The van der Waals surface area contributed by atoms with Gasteiger partial charge in [0.15, 0.2) is 0 Å². The second-order valence-corrected chi connectivity index (χ2v) is 5.06. The molecule has 0 saturated heterocycles. The Balaban J connectivity index is 1.71. The van der Waals surface area contributed by atoms with E-state index in [9.17, 15) is 9.90 Å². The summed E-state index contributed by atoms with van der Waals surface area (Å²) in [5.74, 6) is -0.164. The van der Waals surface area contributed by atoms with Crippen LogP contribution in [0.1, 0.15) is 24.8 Å². The first-order valence-electron chi connectivity index (χ1n) is 5.74. The predicted octanol–water partition coefficient (Wildman–Crippen LogP) is 1.57. The number of amides is 1. The third-order valence-corrected chi connectivity index (χ3v) is 3.84. The van der Waals surface area contributed by atoms with Gasteiger partial charge in [-0.1, -0.05) is 0 Å². The van der Waals surface area contributed by atoms with Crippen LogP contribution < -0.4 is 5.32 Å². The number of nitrogens with one attached hydrogen (secondary N) is 1. The minimum Gasteiger partial charge on any atom is -0.392 e. The van der Waals surface area contributed by atoms with Gasteiger partial charge in [-0.3, -0.25) is 4.79 Å². The van der Waals surface area contributed by atoms with E-state index in [1.54, 1.807) is 11.3 Å². The highest BCUT2D eigenvalue weighted by Crippen LogP contribution is 2.25. The van der Waals surface area contributed by atoms with Crippen LogP contribution in [0, 0.1) is 5.92 Å². The minimum absolute atomic E-state index is 0.0141. The van der Waals surface area contributed by atoms with Crippen molar-refractivity contribution in [1.29, 1.82) is 0 Å². The van der Waals surface area contributed by atoms with Crippen molar-refractivity contribution in [2.24, 2.45) is 5.92 Å². The molecule has 1 heterocycles. The van der Waals surface area contributed by atoms with Crippen LogP contribution in [0.3, 0.4) is 0 Å². The average Bonchev–Trinajstić information content (AvgIpc) is 2.88. The van der Waals surface area contributed by atoms with E-state index in [-0.39, 0.29) is 11.8 Å². The topological polar surface area (TPSA) is 49.3 Å². The SMILES string of the molecule is O=C(NCCc1ccsc1)C1CCCC1O. The molecular weight excluding hydrogens is 222 g/mol. The summed E-state index contributed by atoms with van der Waals surface area (Å²) in [6.07, 6.45) is 3.00. The molecule has 1 saturated carbocycles. The first-order valence-corrected chi connectivity index (χ1v) is 6.68. The van der Waals surface area contributed by atoms with Crippen LogP contribution in [-0.2, 0) is 11.2 Å². The fourth-order valence-electron chi connectivity index (χ4n) is 2.14. The summed E-state index contributed by atoms with van der Waals surface area (Å²) in [4.78, 5) is 11.7. The molecule has 0 spiro atoms. The maximum atomic E-state index is 11.7. The van der Waals surface area contributed by atoms with Crippen LogP contribution in [0.5, 0.6) is 0 Å². The third kappa shape index (κ3) is 2.83. The van der Waals surface area contributed by atoms with Crippen molar-refractivity contribution in [3.05, 3.63) is 22.4 Å². The van der Waals surface area contributed by atoms with Gasteiger partial charge in [0.2, 0.25) is 5.91 Å². The summed E-state index contributed by atoms with van der Waals surface area (Å²) in [6, 6.07) is 2.07. The molecule has 1 amide bonds. The highest BCUT2D eigenvalue weighted by molar-refractivity contribution is 7.07. The quantitative estimate of drug-likeness (QED) is 0.838. The highest BCUT2D eigenvalue weighted by Gasteiger charge is 2.30. The molecule has 2 N–H and O–H groups in total. The van der Waals surface area contributed by atoms with E-state index in [1.807, 2.05) is 5.38 Å². The molecule has 2 atom stereocenters. The van der Waals surface area contributed by atoms with Crippen molar-refractivity contribution >= 4 is 17.2 Å². The molecule has 0 bridgehead atoms. The zero-order chi connectivity index (χ0) is 11.4. The molecule has 88 valence electrons. The Kier molecular flexibility index (Phi) is 3.96. The Morgan fingerprint density at radius 3 is 3.06 bits per heavy atom. The van der Waals surface area contributed by atoms with E-state index in [2.05, 4.69) is 16.8 Å². The monoisotopic (exact) mass is 239 g/mol. The Bertz CT molecular complexity index is 337. The van der Waals surface area contributed by atoms with Crippen molar-refractivity contribution in [2.45, 2.75) is 31.8 Å². The molecule has 2 unspecified atom stereocenters. The molecule has 0 aromatic carbocycles. The molecule has 1 aromatic heterocycles. The summed E-state index contributed by atoms with van der Waals surface area (Å²) < 4.78 is 0. The Labute approximate surface area is 99.5 Å². The second kappa shape index (κ2) is 5.46. The fourth-order valence-corrected chi connectivity index (χ4v) is 2.85. The molecule has 1 fully saturated rings. The summed E-state index contributed by atoms with van der Waals surface area (Å²) in [6.45, 7) is 0.665. The average molecular weight is 239 g/mol. The molecule has 1 aromatic rings. The van der Waals surface area contributed by atoms with Gasteiger partial charge in [-0.25, -0.2) is 0 Å². The molecule has 0 radical (unpaired) electrons. The van der Waals surface area contributed by atoms with Crippen molar-refractivity contribution < 1.29 is 9.90 Å². The van der Waals surface area contributed by atoms with Crippen LogP contribution in [0.15, 0.2) is 16.8 Å². The zero-order valence-electron chi connectivity index (χ0n) is 9.19. The third-order valence-electron chi connectivity index (χ3n) is 3.11. The van der Waals surface area contributed by atoms with Crippen LogP contribution in [-0.4, -0.2) is 23.7 Å². The summed E-state index contributed by atoms with van der Waals surface area (Å²) >= 11 is 1.67. The molecule has 3 nitrogen and oxygen atoms in total. The van der Waals surface area contributed by atoms with Crippen molar-refractivity contribution in [2.75, 3.05) is 6.54 Å². The summed E-state index contributed by atoms with van der Waals surface area (Å²) in [5, 5.41) is 16.6. The highest BCUT2D eigenvalue weighted by atomic mass is 32.1. The van der Waals surface area contributed by atoms with E-state index in [1.165, 1.54) is 5.56 Å². The smallest absolute Gasteiger partial charge is 0.225 e. The van der Waals surface area contributed by atoms with Crippen LogP contribution in [0.2, 0.25) is 0 Å².